The fourth-order valence-electron chi connectivity index (χ4n) is 4.50. The highest BCUT2D eigenvalue weighted by Gasteiger charge is 2.26. The number of nitrogens with one attached hydrogen (secondary N) is 1. The summed E-state index contributed by atoms with van der Waals surface area (Å²) in [4.78, 5) is 18.5. The zero-order valence-corrected chi connectivity index (χ0v) is 19.0. The van der Waals surface area contributed by atoms with Crippen LogP contribution in [0, 0.1) is 11.8 Å². The predicted octanol–water partition coefficient (Wildman–Crippen LogP) is 4.94. The lowest BCUT2D eigenvalue weighted by Gasteiger charge is -2.24. The second kappa shape index (κ2) is 12.5. The van der Waals surface area contributed by atoms with Gasteiger partial charge in [-0.3, -0.25) is 4.79 Å². The zero-order chi connectivity index (χ0) is 21.9. The van der Waals surface area contributed by atoms with Gasteiger partial charge in [0.25, 0.3) is 0 Å². The Morgan fingerprint density at radius 1 is 1.43 bits per heavy atom. The van der Waals surface area contributed by atoms with Gasteiger partial charge in [-0.05, 0) is 68.7 Å². The summed E-state index contributed by atoms with van der Waals surface area (Å²) in [6, 6.07) is 4.42. The average molecular weight is 414 g/mol. The molecule has 30 heavy (non-hydrogen) atoms. The highest BCUT2D eigenvalue weighted by Crippen LogP contribution is 2.26. The van der Waals surface area contributed by atoms with Crippen molar-refractivity contribution in [2.75, 3.05) is 31.5 Å². The Balaban J connectivity index is 0.00000155. The van der Waals surface area contributed by atoms with Crippen molar-refractivity contribution >= 4 is 11.8 Å². The number of carbonyl (C=O) groups is 1. The summed E-state index contributed by atoms with van der Waals surface area (Å²) in [6.45, 7) is 13.7. The lowest BCUT2D eigenvalue weighted by atomic mass is 9.94. The largest absolute Gasteiger partial charge is 0.481 e. The SMILES string of the molecule is C=C/C(=C\C)C(CC(=O)O)CN1CCC(CCc2ccc3c(n2)NCCC3)C1.CC. The molecule has 2 atom stereocenters. The van der Waals surface area contributed by atoms with Crippen LogP contribution in [0.1, 0.15) is 57.7 Å². The number of hydrogen-bond acceptors (Lipinski definition) is 4. The summed E-state index contributed by atoms with van der Waals surface area (Å²) in [7, 11) is 0. The van der Waals surface area contributed by atoms with E-state index in [0.29, 0.717) is 5.92 Å². The van der Waals surface area contributed by atoms with E-state index in [-0.39, 0.29) is 12.3 Å². The van der Waals surface area contributed by atoms with Crippen LogP contribution < -0.4 is 5.32 Å². The van der Waals surface area contributed by atoms with E-state index in [1.165, 1.54) is 24.1 Å². The summed E-state index contributed by atoms with van der Waals surface area (Å²) in [5.41, 5.74) is 3.56. The van der Waals surface area contributed by atoms with Gasteiger partial charge in [-0.1, -0.05) is 38.6 Å². The maximum absolute atomic E-state index is 11.3. The first kappa shape index (κ1) is 24.1. The molecule has 5 heteroatoms. The molecule has 0 amide bonds. The third-order valence-electron chi connectivity index (χ3n) is 6.07. The van der Waals surface area contributed by atoms with E-state index in [9.17, 15) is 9.90 Å². The van der Waals surface area contributed by atoms with Gasteiger partial charge in [0.05, 0.1) is 6.42 Å². The van der Waals surface area contributed by atoms with Gasteiger partial charge in [0.2, 0.25) is 0 Å². The maximum atomic E-state index is 11.3. The van der Waals surface area contributed by atoms with Crippen LogP contribution in [0.4, 0.5) is 5.82 Å². The molecule has 2 unspecified atom stereocenters. The molecule has 166 valence electrons. The van der Waals surface area contributed by atoms with Gasteiger partial charge in [-0.25, -0.2) is 4.98 Å². The fraction of sp³-hybridized carbons (Fsp3) is 0.600. The van der Waals surface area contributed by atoms with Gasteiger partial charge in [0.1, 0.15) is 5.82 Å². The van der Waals surface area contributed by atoms with Crippen molar-refractivity contribution < 1.29 is 9.90 Å². The van der Waals surface area contributed by atoms with E-state index in [1.54, 1.807) is 6.08 Å². The van der Waals surface area contributed by atoms with Crippen LogP contribution in [0.2, 0.25) is 0 Å². The number of allylic oxidation sites excluding steroid dienone is 2. The summed E-state index contributed by atoms with van der Waals surface area (Å²) in [5, 5.41) is 12.7. The molecule has 0 aromatic carbocycles. The first-order valence-corrected chi connectivity index (χ1v) is 11.5. The molecule has 2 N–H and O–H groups in total. The zero-order valence-electron chi connectivity index (χ0n) is 19.0. The first-order chi connectivity index (χ1) is 14.6. The van der Waals surface area contributed by atoms with Crippen molar-refractivity contribution in [3.05, 3.63) is 47.7 Å². The molecule has 5 nitrogen and oxygen atoms in total. The Labute approximate surface area is 182 Å². The molecular formula is C25H39N3O2. The lowest BCUT2D eigenvalue weighted by Crippen LogP contribution is -2.29. The second-order valence-corrected chi connectivity index (χ2v) is 8.08. The average Bonchev–Trinajstić information content (AvgIpc) is 3.21. The lowest BCUT2D eigenvalue weighted by molar-refractivity contribution is -0.137. The summed E-state index contributed by atoms with van der Waals surface area (Å²) < 4.78 is 0. The topological polar surface area (TPSA) is 65.5 Å². The molecule has 1 aromatic rings. The van der Waals surface area contributed by atoms with Crippen molar-refractivity contribution in [3.8, 4) is 0 Å². The summed E-state index contributed by atoms with van der Waals surface area (Å²) >= 11 is 0. The molecule has 0 spiro atoms. The van der Waals surface area contributed by atoms with Crippen LogP contribution in [-0.2, 0) is 17.6 Å². The number of carboxylic acid groups (broad SMARTS) is 1. The molecule has 0 aliphatic carbocycles. The van der Waals surface area contributed by atoms with Gasteiger partial charge in [0.15, 0.2) is 0 Å². The van der Waals surface area contributed by atoms with E-state index in [2.05, 4.69) is 28.9 Å². The molecule has 1 fully saturated rings. The molecule has 0 saturated carbocycles. The van der Waals surface area contributed by atoms with E-state index in [1.807, 2.05) is 26.8 Å². The number of carboxylic acids is 1. The normalized spacial score (nSPS) is 19.8. The van der Waals surface area contributed by atoms with Gasteiger partial charge in [-0.2, -0.15) is 0 Å². The molecule has 3 rings (SSSR count). The van der Waals surface area contributed by atoms with E-state index in [0.717, 1.165) is 56.8 Å². The Hall–Kier alpha value is -2.14. The van der Waals surface area contributed by atoms with Crippen molar-refractivity contribution in [2.45, 2.75) is 59.3 Å². The number of likely N-dealkylation sites (tertiary alicyclic amines) is 1. The predicted molar refractivity (Wildman–Crippen MR) is 125 cm³/mol. The highest BCUT2D eigenvalue weighted by molar-refractivity contribution is 5.67. The van der Waals surface area contributed by atoms with Crippen LogP contribution in [-0.4, -0.2) is 47.1 Å². The van der Waals surface area contributed by atoms with E-state index < -0.39 is 5.97 Å². The minimum absolute atomic E-state index is 0.0205. The van der Waals surface area contributed by atoms with Gasteiger partial charge < -0.3 is 15.3 Å². The number of rotatable bonds is 9. The second-order valence-electron chi connectivity index (χ2n) is 8.08. The number of aliphatic carboxylic acids is 1. The van der Waals surface area contributed by atoms with Crippen LogP contribution in [0.5, 0.6) is 0 Å². The minimum atomic E-state index is -0.742. The van der Waals surface area contributed by atoms with Crippen molar-refractivity contribution in [1.29, 1.82) is 0 Å². The Morgan fingerprint density at radius 2 is 2.23 bits per heavy atom. The van der Waals surface area contributed by atoms with Crippen molar-refractivity contribution in [1.82, 2.24) is 9.88 Å². The number of aromatic nitrogens is 1. The van der Waals surface area contributed by atoms with Gasteiger partial charge >= 0.3 is 5.97 Å². The van der Waals surface area contributed by atoms with E-state index in [4.69, 9.17) is 4.98 Å². The molecular weight excluding hydrogens is 374 g/mol. The molecule has 2 aliphatic heterocycles. The molecule has 0 radical (unpaired) electrons. The molecule has 1 saturated heterocycles. The highest BCUT2D eigenvalue weighted by atomic mass is 16.4. The molecule has 2 aliphatic rings. The molecule has 0 bridgehead atoms. The number of anilines is 1. The van der Waals surface area contributed by atoms with Crippen molar-refractivity contribution in [3.63, 3.8) is 0 Å². The molecule has 1 aromatic heterocycles. The summed E-state index contributed by atoms with van der Waals surface area (Å²) in [6.07, 6.45) is 9.61. The summed E-state index contributed by atoms with van der Waals surface area (Å²) in [5.74, 6) is 1.02. The standard InChI is InChI=1S/C23H33N3O2.C2H6/c1-3-18(4-2)20(14-22(27)28)16-26-13-11-17(15-26)7-9-21-10-8-19-6-5-12-24-23(19)25-21;1-2/h3-4,8,10,17,20H,1,5-7,9,11-16H2,2H3,(H,24,25)(H,27,28);1-2H3/b18-4+;. The molecule has 3 heterocycles. The van der Waals surface area contributed by atoms with Crippen LogP contribution in [0.3, 0.4) is 0 Å². The van der Waals surface area contributed by atoms with Crippen LogP contribution >= 0.6 is 0 Å². The maximum Gasteiger partial charge on any atom is 0.304 e. The number of pyridine rings is 1. The number of aryl methyl sites for hydroxylation is 2. The number of hydrogen-bond donors (Lipinski definition) is 2. The van der Waals surface area contributed by atoms with E-state index >= 15 is 0 Å². The smallest absolute Gasteiger partial charge is 0.304 e. The quantitative estimate of drug-likeness (QED) is 0.561. The Bertz CT molecular complexity index is 729. The monoisotopic (exact) mass is 413 g/mol. The Morgan fingerprint density at radius 3 is 2.93 bits per heavy atom. The third kappa shape index (κ3) is 6.98. The number of fused-ring (bicyclic) bond motifs is 1. The van der Waals surface area contributed by atoms with Crippen LogP contribution in [0.25, 0.3) is 0 Å². The Kier molecular flexibility index (Phi) is 10.1. The minimum Gasteiger partial charge on any atom is -0.481 e. The van der Waals surface area contributed by atoms with Gasteiger partial charge in [-0.15, -0.1) is 0 Å². The number of nitrogens with zero attached hydrogens (tertiary/aromatic N) is 2. The first-order valence-electron chi connectivity index (χ1n) is 11.5. The van der Waals surface area contributed by atoms with Crippen molar-refractivity contribution in [2.24, 2.45) is 11.8 Å². The van der Waals surface area contributed by atoms with Gasteiger partial charge in [0, 0.05) is 31.2 Å². The fourth-order valence-corrected chi connectivity index (χ4v) is 4.50. The third-order valence-corrected chi connectivity index (χ3v) is 6.07. The van der Waals surface area contributed by atoms with Crippen LogP contribution in [0.15, 0.2) is 36.4 Å².